The normalized spacial score (nSPS) is 11.6. The van der Waals surface area contributed by atoms with E-state index >= 15 is 0 Å². The van der Waals surface area contributed by atoms with E-state index in [4.69, 9.17) is 0 Å². The Hall–Kier alpha value is -3.44. The number of benzene rings is 3. The predicted molar refractivity (Wildman–Crippen MR) is 119 cm³/mol. The number of hydrogen-bond donors (Lipinski definition) is 2. The number of hydrogen-bond acceptors (Lipinski definition) is 2. The quantitative estimate of drug-likeness (QED) is 0.638. The largest absolute Gasteiger partial charge is 0.345 e. The highest BCUT2D eigenvalue weighted by Gasteiger charge is 2.19. The molecule has 0 heterocycles. The molecule has 3 N–H and O–H groups in total. The zero-order valence-electron chi connectivity index (χ0n) is 17.6. The fourth-order valence-corrected chi connectivity index (χ4v) is 3.29. The summed E-state index contributed by atoms with van der Waals surface area (Å²) in [6.07, 6.45) is 0. The average Bonchev–Trinajstić information content (AvgIpc) is 2.76. The van der Waals surface area contributed by atoms with Crippen molar-refractivity contribution in [1.82, 2.24) is 4.90 Å². The van der Waals surface area contributed by atoms with Gasteiger partial charge in [-0.25, -0.2) is 0 Å². The zero-order valence-corrected chi connectivity index (χ0v) is 17.6. The van der Waals surface area contributed by atoms with Gasteiger partial charge in [-0.3, -0.25) is 9.59 Å². The Bertz CT molecular complexity index is 981. The lowest BCUT2D eigenvalue weighted by atomic mass is 9.98. The lowest BCUT2D eigenvalue weighted by Crippen LogP contribution is -2.87. The van der Waals surface area contributed by atoms with Gasteiger partial charge in [-0.2, -0.15) is 0 Å². The summed E-state index contributed by atoms with van der Waals surface area (Å²) in [6.45, 7) is 2.35. The predicted octanol–water partition coefficient (Wildman–Crippen LogP) is 2.99. The second-order valence-corrected chi connectivity index (χ2v) is 7.56. The van der Waals surface area contributed by atoms with Gasteiger partial charge in [0.15, 0.2) is 6.54 Å². The fraction of sp³-hybridized carbons (Fsp3) is 0.200. The molecule has 30 heavy (non-hydrogen) atoms. The number of carbonyl (C=O) groups is 2. The lowest BCUT2D eigenvalue weighted by molar-refractivity contribution is -0.676. The van der Waals surface area contributed by atoms with Gasteiger partial charge >= 0.3 is 0 Å². The fourth-order valence-electron chi connectivity index (χ4n) is 3.29. The van der Waals surface area contributed by atoms with E-state index in [1.165, 1.54) is 10.5 Å². The molecule has 0 radical (unpaired) electrons. The molecule has 5 nitrogen and oxygen atoms in total. The highest BCUT2D eigenvalue weighted by molar-refractivity contribution is 5.95. The van der Waals surface area contributed by atoms with E-state index in [0.717, 1.165) is 11.1 Å². The van der Waals surface area contributed by atoms with Crippen LogP contribution in [0.4, 0.5) is 5.69 Å². The Kier molecular flexibility index (Phi) is 6.99. The molecule has 0 spiro atoms. The number of amides is 2. The lowest BCUT2D eigenvalue weighted by Gasteiger charge is -2.17. The Labute approximate surface area is 177 Å². The van der Waals surface area contributed by atoms with E-state index in [-0.39, 0.29) is 24.4 Å². The second-order valence-electron chi connectivity index (χ2n) is 7.56. The number of rotatable bonds is 7. The van der Waals surface area contributed by atoms with Gasteiger partial charge in [0.05, 0.1) is 0 Å². The Morgan fingerprint density at radius 2 is 1.47 bits per heavy atom. The van der Waals surface area contributed by atoms with E-state index in [1.807, 2.05) is 23.5 Å². The monoisotopic (exact) mass is 402 g/mol. The van der Waals surface area contributed by atoms with Crippen molar-refractivity contribution in [2.45, 2.75) is 13.0 Å². The molecule has 154 valence electrons. The average molecular weight is 403 g/mol. The third kappa shape index (κ3) is 5.55. The molecule has 5 heteroatoms. The third-order valence-electron chi connectivity index (χ3n) is 4.96. The molecule has 0 bridgehead atoms. The van der Waals surface area contributed by atoms with Crippen molar-refractivity contribution in [1.29, 1.82) is 0 Å². The maximum absolute atomic E-state index is 12.5. The molecular formula is C25H28N3O2+. The molecule has 0 aromatic heterocycles. The van der Waals surface area contributed by atoms with Crippen LogP contribution in [0.5, 0.6) is 0 Å². The summed E-state index contributed by atoms with van der Waals surface area (Å²) in [5.74, 6) is -0.153. The van der Waals surface area contributed by atoms with Crippen molar-refractivity contribution in [3.8, 4) is 0 Å². The number of nitrogens with one attached hydrogen (secondary N) is 1. The minimum Gasteiger partial charge on any atom is -0.345 e. The van der Waals surface area contributed by atoms with Gasteiger partial charge in [-0.1, -0.05) is 60.2 Å². The molecule has 3 aromatic carbocycles. The van der Waals surface area contributed by atoms with E-state index in [0.29, 0.717) is 11.3 Å². The van der Waals surface area contributed by atoms with Crippen molar-refractivity contribution >= 4 is 17.5 Å². The number of quaternary nitrogens is 1. The van der Waals surface area contributed by atoms with Crippen molar-refractivity contribution < 1.29 is 14.9 Å². The molecule has 0 unspecified atom stereocenters. The first-order chi connectivity index (χ1) is 14.4. The van der Waals surface area contributed by atoms with Gasteiger partial charge in [0.25, 0.3) is 11.8 Å². The second kappa shape index (κ2) is 9.85. The van der Waals surface area contributed by atoms with Crippen LogP contribution in [0, 0.1) is 6.92 Å². The first-order valence-electron chi connectivity index (χ1n) is 10.0. The van der Waals surface area contributed by atoms with Gasteiger partial charge in [-0.15, -0.1) is 0 Å². The van der Waals surface area contributed by atoms with Crippen LogP contribution in [-0.2, 0) is 4.79 Å². The summed E-state index contributed by atoms with van der Waals surface area (Å²) in [7, 11) is 3.43. The molecule has 0 aliphatic carbocycles. The van der Waals surface area contributed by atoms with Crippen LogP contribution in [0.3, 0.4) is 0 Å². The van der Waals surface area contributed by atoms with Crippen LogP contribution in [0.15, 0.2) is 78.9 Å². The van der Waals surface area contributed by atoms with Crippen molar-refractivity contribution in [2.75, 3.05) is 26.0 Å². The Morgan fingerprint density at radius 3 is 2.07 bits per heavy atom. The van der Waals surface area contributed by atoms with Crippen molar-refractivity contribution in [2.24, 2.45) is 0 Å². The van der Waals surface area contributed by atoms with Gasteiger partial charge in [-0.05, 0) is 31.2 Å². The Balaban J connectivity index is 1.66. The van der Waals surface area contributed by atoms with Crippen LogP contribution in [0.2, 0.25) is 0 Å². The van der Waals surface area contributed by atoms with Crippen LogP contribution < -0.4 is 10.6 Å². The van der Waals surface area contributed by atoms with Gasteiger partial charge < -0.3 is 15.5 Å². The highest BCUT2D eigenvalue weighted by atomic mass is 16.2. The highest BCUT2D eigenvalue weighted by Crippen LogP contribution is 2.18. The van der Waals surface area contributed by atoms with Gasteiger partial charge in [0.2, 0.25) is 0 Å². The zero-order chi connectivity index (χ0) is 21.5. The first kappa shape index (κ1) is 21.3. The summed E-state index contributed by atoms with van der Waals surface area (Å²) in [6, 6.07) is 25.6. The van der Waals surface area contributed by atoms with Gasteiger partial charge in [0, 0.05) is 36.5 Å². The molecule has 0 saturated heterocycles. The summed E-state index contributed by atoms with van der Waals surface area (Å²) < 4.78 is 0. The third-order valence-corrected chi connectivity index (χ3v) is 4.96. The number of nitrogens with zero attached hydrogens (tertiary/aromatic N) is 1. The summed E-state index contributed by atoms with van der Waals surface area (Å²) in [4.78, 5) is 26.0. The summed E-state index contributed by atoms with van der Waals surface area (Å²) in [5, 5.41) is 4.95. The molecule has 0 saturated carbocycles. The minimum atomic E-state index is -0.0882. The number of aryl methyl sites for hydroxylation is 1. The maximum Gasteiger partial charge on any atom is 0.279 e. The van der Waals surface area contributed by atoms with E-state index in [9.17, 15) is 9.59 Å². The molecule has 0 aliphatic rings. The molecule has 3 aromatic rings. The first-order valence-corrected chi connectivity index (χ1v) is 10.0. The van der Waals surface area contributed by atoms with E-state index in [2.05, 4.69) is 48.6 Å². The van der Waals surface area contributed by atoms with Crippen LogP contribution in [-0.4, -0.2) is 37.4 Å². The number of carbonyl (C=O) groups excluding carboxylic acids is 2. The molecule has 2 amide bonds. The number of nitrogens with two attached hydrogens (primary N) is 1. The topological polar surface area (TPSA) is 66.0 Å². The van der Waals surface area contributed by atoms with Crippen LogP contribution in [0.1, 0.15) is 33.1 Å². The molecule has 3 rings (SSSR count). The molecular weight excluding hydrogens is 374 g/mol. The maximum atomic E-state index is 12.5. The van der Waals surface area contributed by atoms with Gasteiger partial charge in [0.1, 0.15) is 6.04 Å². The SMILES string of the molecule is Cc1ccc([C@H]([NH2+]CC(=O)Nc2ccc(C(=O)N(C)C)cc2)c2ccccc2)cc1. The van der Waals surface area contributed by atoms with Crippen molar-refractivity contribution in [3.63, 3.8) is 0 Å². The molecule has 0 aliphatic heterocycles. The van der Waals surface area contributed by atoms with Crippen LogP contribution >= 0.6 is 0 Å². The number of anilines is 1. The van der Waals surface area contributed by atoms with E-state index < -0.39 is 0 Å². The van der Waals surface area contributed by atoms with Crippen LogP contribution in [0.25, 0.3) is 0 Å². The minimum absolute atomic E-state index is 0.0395. The Morgan fingerprint density at radius 1 is 0.867 bits per heavy atom. The smallest absolute Gasteiger partial charge is 0.279 e. The van der Waals surface area contributed by atoms with E-state index in [1.54, 1.807) is 38.4 Å². The van der Waals surface area contributed by atoms with Crippen molar-refractivity contribution in [3.05, 3.63) is 101 Å². The molecule has 1 atom stereocenters. The summed E-state index contributed by atoms with van der Waals surface area (Å²) in [5.41, 5.74) is 4.79. The standard InChI is InChI=1S/C25H27N3O2/c1-18-9-11-20(12-10-18)24(19-7-5-4-6-8-19)26-17-23(29)27-22-15-13-21(14-16-22)25(30)28(2)3/h4-16,24,26H,17H2,1-3H3,(H,27,29)/p+1/t24-/m1/s1. The molecule has 0 fully saturated rings. The summed E-state index contributed by atoms with van der Waals surface area (Å²) >= 11 is 0.